The number of alkyl carbamates (subject to hydrolysis) is 2. The van der Waals surface area contributed by atoms with Gasteiger partial charge in [-0.1, -0.05) is 90.9 Å². The van der Waals surface area contributed by atoms with Crippen LogP contribution in [-0.4, -0.2) is 47.4 Å². The topological polar surface area (TPSA) is 129 Å². The molecule has 0 saturated heterocycles. The van der Waals surface area contributed by atoms with Crippen LogP contribution in [0, 0.1) is 23.5 Å². The molecule has 2 N–H and O–H groups in total. The molecule has 0 spiro atoms. The van der Waals surface area contributed by atoms with Gasteiger partial charge in [0.25, 0.3) is 0 Å². The van der Waals surface area contributed by atoms with Crippen LogP contribution in [0.25, 0.3) is 0 Å². The van der Waals surface area contributed by atoms with Crippen LogP contribution >= 0.6 is 0 Å². The molecule has 0 aromatic heterocycles. The third kappa shape index (κ3) is 13.3. The van der Waals surface area contributed by atoms with Crippen LogP contribution in [0.3, 0.4) is 0 Å². The second-order valence-corrected chi connectivity index (χ2v) is 22.3. The Morgan fingerprint density at radius 1 is 0.561 bits per heavy atom. The Kier molecular flexibility index (Phi) is 16.9. The summed E-state index contributed by atoms with van der Waals surface area (Å²) in [5.41, 5.74) is 0.551. The molecule has 6 rings (SSSR count). The Labute approximate surface area is 392 Å². The molecule has 6 unspecified atom stereocenters. The number of rotatable bonds is 15. The predicted molar refractivity (Wildman–Crippen MR) is 252 cm³/mol. The lowest BCUT2D eigenvalue weighted by Crippen LogP contribution is -2.57. The van der Waals surface area contributed by atoms with Crippen molar-refractivity contribution >= 4 is 24.1 Å². The third-order valence-corrected chi connectivity index (χ3v) is 14.7. The molecule has 10 nitrogen and oxygen atoms in total. The van der Waals surface area contributed by atoms with E-state index in [2.05, 4.69) is 24.5 Å². The van der Waals surface area contributed by atoms with E-state index in [1.54, 1.807) is 0 Å². The lowest BCUT2D eigenvalue weighted by atomic mass is 9.59. The van der Waals surface area contributed by atoms with Gasteiger partial charge in [-0.05, 0) is 139 Å². The van der Waals surface area contributed by atoms with Crippen LogP contribution in [0.1, 0.15) is 206 Å². The Morgan fingerprint density at radius 2 is 0.924 bits per heavy atom. The van der Waals surface area contributed by atoms with E-state index in [4.69, 9.17) is 18.9 Å². The molecule has 66 heavy (non-hydrogen) atoms. The van der Waals surface area contributed by atoms with Crippen molar-refractivity contribution in [3.05, 3.63) is 58.2 Å². The fourth-order valence-electron chi connectivity index (χ4n) is 11.6. The number of fused-ring (bicyclic) bond motifs is 8. The van der Waals surface area contributed by atoms with Gasteiger partial charge in [-0.25, -0.2) is 18.4 Å². The van der Waals surface area contributed by atoms with Gasteiger partial charge in [-0.2, -0.15) is 0 Å². The fraction of sp³-hybridized carbons (Fsp3) is 0.704. The highest BCUT2D eigenvalue weighted by Crippen LogP contribution is 2.50. The number of hydrogen-bond donors (Lipinski definition) is 2. The highest BCUT2D eigenvalue weighted by atomic mass is 19.1. The standard InChI is InChI=1S/C54H78F2N2O8/c1-51(2,3)65-49(61)57-47-35-23-17-15-21-27-53(47,7)41-31-37(33-43(55)39(41)29-35)63-45(59)25-19-13-11-9-10-12-14-20-26-46(60)64-38-32-42-40(44(56)34-38)30-36-24-18-16-22-28-54(42,8)48(36)58-50(62)66-52(4,5)6/h31-36,47-48H,9-30H2,1-8H3,(H,57,61)(H,58,62). The van der Waals surface area contributed by atoms with Crippen molar-refractivity contribution in [1.82, 2.24) is 10.6 Å². The van der Waals surface area contributed by atoms with Crippen LogP contribution in [0.5, 0.6) is 11.5 Å². The first-order chi connectivity index (χ1) is 31.1. The van der Waals surface area contributed by atoms with Gasteiger partial charge in [0.2, 0.25) is 0 Å². The smallest absolute Gasteiger partial charge is 0.407 e. The number of hydrogen-bond acceptors (Lipinski definition) is 8. The van der Waals surface area contributed by atoms with Crippen LogP contribution < -0.4 is 20.1 Å². The number of benzene rings is 2. The van der Waals surface area contributed by atoms with Crippen molar-refractivity contribution in [3.63, 3.8) is 0 Å². The monoisotopic (exact) mass is 921 g/mol. The maximum Gasteiger partial charge on any atom is 0.407 e. The van der Waals surface area contributed by atoms with Gasteiger partial charge in [0.05, 0.1) is 0 Å². The van der Waals surface area contributed by atoms with E-state index >= 15 is 8.78 Å². The molecule has 0 aliphatic heterocycles. The zero-order valence-electron chi connectivity index (χ0n) is 41.2. The van der Waals surface area contributed by atoms with Gasteiger partial charge >= 0.3 is 24.1 Å². The summed E-state index contributed by atoms with van der Waals surface area (Å²) in [5, 5.41) is 6.34. The second-order valence-electron chi connectivity index (χ2n) is 22.3. The fourth-order valence-corrected chi connectivity index (χ4v) is 11.6. The Morgan fingerprint density at radius 3 is 1.29 bits per heavy atom. The van der Waals surface area contributed by atoms with Crippen molar-refractivity contribution in [2.45, 2.75) is 231 Å². The average molecular weight is 921 g/mol. The maximum atomic E-state index is 15.8. The Balaban J connectivity index is 0.914. The highest BCUT2D eigenvalue weighted by Gasteiger charge is 2.49. The zero-order valence-corrected chi connectivity index (χ0v) is 41.2. The summed E-state index contributed by atoms with van der Waals surface area (Å²) in [6.45, 7) is 15.2. The van der Waals surface area contributed by atoms with Crippen molar-refractivity contribution < 1.29 is 46.9 Å². The first-order valence-electron chi connectivity index (χ1n) is 25.2. The minimum Gasteiger partial charge on any atom is -0.444 e. The lowest BCUT2D eigenvalue weighted by molar-refractivity contribution is -0.135. The Bertz CT molecular complexity index is 1900. The minimum absolute atomic E-state index is 0.0773. The molecule has 0 heterocycles. The van der Waals surface area contributed by atoms with Crippen molar-refractivity contribution in [3.8, 4) is 11.5 Å². The number of nitrogens with one attached hydrogen (secondary N) is 2. The van der Waals surface area contributed by atoms with E-state index in [1.165, 1.54) is 12.1 Å². The lowest BCUT2D eigenvalue weighted by Gasteiger charge is -2.49. The molecule has 4 bridgehead atoms. The van der Waals surface area contributed by atoms with Crippen molar-refractivity contribution in [2.24, 2.45) is 11.8 Å². The van der Waals surface area contributed by atoms with Crippen LogP contribution in [0.2, 0.25) is 0 Å². The zero-order chi connectivity index (χ0) is 47.9. The van der Waals surface area contributed by atoms with Gasteiger partial charge in [0, 0.05) is 47.9 Å². The van der Waals surface area contributed by atoms with Crippen LogP contribution in [0.15, 0.2) is 24.3 Å². The number of ether oxygens (including phenoxy) is 4. The number of amides is 2. The largest absolute Gasteiger partial charge is 0.444 e. The van der Waals surface area contributed by atoms with Crippen molar-refractivity contribution in [1.29, 1.82) is 0 Å². The molecule has 366 valence electrons. The summed E-state index contributed by atoms with van der Waals surface area (Å²) in [6, 6.07) is 5.86. The molecule has 2 aromatic carbocycles. The minimum atomic E-state index is -0.639. The Hall–Kier alpha value is -4.22. The quantitative estimate of drug-likeness (QED) is 0.103. The summed E-state index contributed by atoms with van der Waals surface area (Å²) in [4.78, 5) is 51.9. The summed E-state index contributed by atoms with van der Waals surface area (Å²) in [6.07, 6.45) is 17.0. The normalized spacial score (nSPS) is 25.1. The first kappa shape index (κ1) is 51.2. The molecule has 2 fully saturated rings. The van der Waals surface area contributed by atoms with E-state index in [9.17, 15) is 19.2 Å². The average Bonchev–Trinajstić information content (AvgIpc) is 3.20. The second kappa shape index (κ2) is 21.8. The van der Waals surface area contributed by atoms with E-state index in [1.807, 2.05) is 53.7 Å². The van der Waals surface area contributed by atoms with E-state index in [-0.39, 0.29) is 71.8 Å². The summed E-state index contributed by atoms with van der Waals surface area (Å²) >= 11 is 0. The SMILES string of the molecule is CC(C)(C)OC(=O)NC1C2CCCCCC1(C)c1cc(OC(=O)CCCCCCCCCCC(=O)Oc3cc(F)c4c(c3)C3(C)CCCCCC(C4)C3NC(=O)OC(C)(C)C)cc(F)c1C2. The number of carbonyl (C=O) groups is 4. The highest BCUT2D eigenvalue weighted by molar-refractivity contribution is 5.73. The molecular formula is C54H78F2N2O8. The predicted octanol–water partition coefficient (Wildman–Crippen LogP) is 13.0. The number of esters is 2. The van der Waals surface area contributed by atoms with E-state index < -0.39 is 34.2 Å². The third-order valence-electron chi connectivity index (χ3n) is 14.7. The molecule has 4 aliphatic rings. The van der Waals surface area contributed by atoms with Crippen LogP contribution in [0.4, 0.5) is 18.4 Å². The number of halogens is 2. The molecule has 4 aliphatic carbocycles. The first-order valence-corrected chi connectivity index (χ1v) is 25.2. The molecule has 2 amide bonds. The molecule has 2 saturated carbocycles. The van der Waals surface area contributed by atoms with Gasteiger partial charge < -0.3 is 29.6 Å². The van der Waals surface area contributed by atoms with Gasteiger partial charge in [-0.15, -0.1) is 0 Å². The summed E-state index contributed by atoms with van der Waals surface area (Å²) in [7, 11) is 0. The van der Waals surface area contributed by atoms with Crippen LogP contribution in [-0.2, 0) is 42.7 Å². The van der Waals surface area contributed by atoms with Gasteiger partial charge in [-0.3, -0.25) is 9.59 Å². The molecule has 6 atom stereocenters. The van der Waals surface area contributed by atoms with Gasteiger partial charge in [0.1, 0.15) is 34.3 Å². The molecule has 0 radical (unpaired) electrons. The van der Waals surface area contributed by atoms with E-state index in [0.29, 0.717) is 36.8 Å². The van der Waals surface area contributed by atoms with Gasteiger partial charge in [0.15, 0.2) is 0 Å². The maximum absolute atomic E-state index is 15.8. The number of carbonyl (C=O) groups excluding carboxylic acids is 4. The molecular weight excluding hydrogens is 843 g/mol. The van der Waals surface area contributed by atoms with E-state index in [0.717, 1.165) is 114 Å². The van der Waals surface area contributed by atoms with Crippen molar-refractivity contribution in [2.75, 3.05) is 0 Å². The molecule has 12 heteroatoms. The summed E-state index contributed by atoms with van der Waals surface area (Å²) < 4.78 is 54.3. The molecule has 2 aromatic rings. The number of unbranched alkanes of at least 4 members (excludes halogenated alkanes) is 7. The summed E-state index contributed by atoms with van der Waals surface area (Å²) in [5.74, 6) is -0.936.